The molecule has 0 radical (unpaired) electrons. The summed E-state index contributed by atoms with van der Waals surface area (Å²) < 4.78 is 9.57. The largest absolute Gasteiger partial charge is 0.465 e. The van der Waals surface area contributed by atoms with Crippen molar-refractivity contribution in [2.24, 2.45) is 0 Å². The number of hydrogen-bond donors (Lipinski definition) is 0. The maximum atomic E-state index is 11.1. The summed E-state index contributed by atoms with van der Waals surface area (Å²) in [6, 6.07) is 0. The van der Waals surface area contributed by atoms with Gasteiger partial charge in [0.25, 0.3) is 0 Å². The predicted molar refractivity (Wildman–Crippen MR) is 66.1 cm³/mol. The van der Waals surface area contributed by atoms with E-state index in [1.807, 2.05) is 0 Å². The van der Waals surface area contributed by atoms with Gasteiger partial charge in [-0.05, 0) is 12.8 Å². The molecule has 0 aromatic rings. The second-order valence-electron chi connectivity index (χ2n) is 3.23. The molecular formula is C11H16Cl2O4. The fraction of sp³-hybridized carbons (Fsp3) is 0.636. The van der Waals surface area contributed by atoms with Gasteiger partial charge < -0.3 is 9.47 Å². The maximum Gasteiger partial charge on any atom is 0.305 e. The molecule has 0 fully saturated rings. The molecule has 0 aliphatic rings. The van der Waals surface area contributed by atoms with Crippen LogP contribution < -0.4 is 0 Å². The van der Waals surface area contributed by atoms with E-state index < -0.39 is 10.8 Å². The van der Waals surface area contributed by atoms with Crippen LogP contribution in [0.25, 0.3) is 0 Å². The van der Waals surface area contributed by atoms with Gasteiger partial charge in [-0.25, -0.2) is 0 Å². The molecule has 0 aromatic heterocycles. The van der Waals surface area contributed by atoms with Gasteiger partial charge in [0, 0.05) is 12.8 Å². The van der Waals surface area contributed by atoms with Crippen molar-refractivity contribution in [3.8, 4) is 0 Å². The summed E-state index contributed by atoms with van der Waals surface area (Å²) in [5.41, 5.74) is 0. The molecule has 0 aromatic carbocycles. The average molecular weight is 283 g/mol. The number of halogens is 2. The highest BCUT2D eigenvalue weighted by Gasteiger charge is 2.08. The smallest absolute Gasteiger partial charge is 0.305 e. The summed E-state index contributed by atoms with van der Waals surface area (Å²) in [6.45, 7) is 3.79. The molecular weight excluding hydrogens is 267 g/mol. The number of alkyl halides is 2. The number of rotatable bonds is 9. The Morgan fingerprint density at radius 1 is 1.18 bits per heavy atom. The summed E-state index contributed by atoms with van der Waals surface area (Å²) in [5, 5.41) is 0. The molecule has 98 valence electrons. The molecule has 0 heterocycles. The van der Waals surface area contributed by atoms with Crippen molar-refractivity contribution in [2.45, 2.75) is 30.5 Å². The van der Waals surface area contributed by atoms with Gasteiger partial charge in [0.2, 0.25) is 0 Å². The van der Waals surface area contributed by atoms with Crippen LogP contribution in [-0.4, -0.2) is 30.0 Å². The summed E-state index contributed by atoms with van der Waals surface area (Å²) in [7, 11) is 0. The Labute approximate surface area is 111 Å². The van der Waals surface area contributed by atoms with Crippen LogP contribution in [0.1, 0.15) is 25.7 Å². The first-order valence-corrected chi connectivity index (χ1v) is 6.14. The van der Waals surface area contributed by atoms with Crippen LogP contribution in [0.3, 0.4) is 0 Å². The lowest BCUT2D eigenvalue weighted by molar-refractivity contribution is -0.145. The quantitative estimate of drug-likeness (QED) is 0.282. The lowest BCUT2D eigenvalue weighted by atomic mass is 10.2. The van der Waals surface area contributed by atoms with Gasteiger partial charge in [0.1, 0.15) is 11.4 Å². The van der Waals surface area contributed by atoms with Gasteiger partial charge in [-0.2, -0.15) is 0 Å². The van der Waals surface area contributed by atoms with Gasteiger partial charge in [-0.15, -0.1) is 29.8 Å². The van der Waals surface area contributed by atoms with E-state index in [9.17, 15) is 9.59 Å². The van der Waals surface area contributed by atoms with Crippen LogP contribution in [0.4, 0.5) is 0 Å². The minimum absolute atomic E-state index is 0.0360. The second kappa shape index (κ2) is 10.4. The van der Waals surface area contributed by atoms with Crippen LogP contribution in [0.5, 0.6) is 0 Å². The van der Waals surface area contributed by atoms with Crippen molar-refractivity contribution in [1.29, 1.82) is 0 Å². The number of carbonyl (C=O) groups is 2. The van der Waals surface area contributed by atoms with Crippen molar-refractivity contribution < 1.29 is 19.1 Å². The van der Waals surface area contributed by atoms with Gasteiger partial charge >= 0.3 is 11.9 Å². The molecule has 0 bridgehead atoms. The molecule has 0 saturated heterocycles. The number of ether oxygens (including phenoxy) is 2. The predicted octanol–water partition coefficient (Wildman–Crippen LogP) is 2.62. The van der Waals surface area contributed by atoms with Crippen LogP contribution in [0.15, 0.2) is 12.7 Å². The first kappa shape index (κ1) is 16.3. The van der Waals surface area contributed by atoms with E-state index in [0.29, 0.717) is 19.4 Å². The Morgan fingerprint density at radius 2 is 1.76 bits per heavy atom. The maximum absolute atomic E-state index is 11.1. The summed E-state index contributed by atoms with van der Waals surface area (Å²) in [5.74, 6) is -0.748. The molecule has 0 spiro atoms. The minimum Gasteiger partial charge on any atom is -0.465 e. The molecule has 6 heteroatoms. The van der Waals surface area contributed by atoms with Crippen molar-refractivity contribution in [2.75, 3.05) is 13.2 Å². The SMILES string of the molecule is C=CCCOC(=O)CCCC(=O)OCC(Cl)Cl. The summed E-state index contributed by atoms with van der Waals surface area (Å²) in [6.07, 6.45) is 3.02. The van der Waals surface area contributed by atoms with Gasteiger partial charge in [-0.1, -0.05) is 6.08 Å². The molecule has 0 saturated carbocycles. The van der Waals surface area contributed by atoms with Crippen LogP contribution in [0.2, 0.25) is 0 Å². The third kappa shape index (κ3) is 11.5. The van der Waals surface area contributed by atoms with Gasteiger partial charge in [0.05, 0.1) is 6.61 Å². The molecule has 17 heavy (non-hydrogen) atoms. The van der Waals surface area contributed by atoms with E-state index in [1.165, 1.54) is 0 Å². The van der Waals surface area contributed by atoms with Gasteiger partial charge in [-0.3, -0.25) is 9.59 Å². The highest BCUT2D eigenvalue weighted by Crippen LogP contribution is 2.04. The summed E-state index contributed by atoms with van der Waals surface area (Å²) in [4.78, 5) is 21.5. The Kier molecular flexibility index (Phi) is 9.96. The fourth-order valence-corrected chi connectivity index (χ4v) is 1.06. The lowest BCUT2D eigenvalue weighted by Crippen LogP contribution is -2.11. The van der Waals surface area contributed by atoms with E-state index >= 15 is 0 Å². The lowest BCUT2D eigenvalue weighted by Gasteiger charge is -2.05. The average Bonchev–Trinajstić information content (AvgIpc) is 2.27. The number of carbonyl (C=O) groups excluding carboxylic acids is 2. The molecule has 0 N–H and O–H groups in total. The van der Waals surface area contributed by atoms with Crippen molar-refractivity contribution >= 4 is 35.1 Å². The zero-order chi connectivity index (χ0) is 13.1. The normalized spacial score (nSPS) is 10.1. The molecule has 0 unspecified atom stereocenters. The zero-order valence-electron chi connectivity index (χ0n) is 9.49. The first-order chi connectivity index (χ1) is 8.06. The van der Waals surface area contributed by atoms with Crippen LogP contribution in [-0.2, 0) is 19.1 Å². The summed E-state index contributed by atoms with van der Waals surface area (Å²) >= 11 is 10.8. The standard InChI is InChI=1S/C11H16Cl2O4/c1-2-3-7-16-10(14)5-4-6-11(15)17-8-9(12)13/h2,9H,1,3-8H2. The first-order valence-electron chi connectivity index (χ1n) is 5.26. The molecule has 0 rings (SSSR count). The highest BCUT2D eigenvalue weighted by molar-refractivity contribution is 6.44. The van der Waals surface area contributed by atoms with Crippen molar-refractivity contribution in [1.82, 2.24) is 0 Å². The monoisotopic (exact) mass is 282 g/mol. The second-order valence-corrected chi connectivity index (χ2v) is 4.50. The Bertz CT molecular complexity index is 254. The third-order valence-electron chi connectivity index (χ3n) is 1.72. The molecule has 0 aliphatic heterocycles. The van der Waals surface area contributed by atoms with E-state index in [4.69, 9.17) is 32.7 Å². The third-order valence-corrected chi connectivity index (χ3v) is 1.97. The molecule has 0 atom stereocenters. The van der Waals surface area contributed by atoms with E-state index in [1.54, 1.807) is 6.08 Å². The Hall–Kier alpha value is -0.740. The fourth-order valence-electron chi connectivity index (χ4n) is 0.933. The van der Waals surface area contributed by atoms with Crippen molar-refractivity contribution in [3.05, 3.63) is 12.7 Å². The highest BCUT2D eigenvalue weighted by atomic mass is 35.5. The number of esters is 2. The Balaban J connectivity index is 3.45. The van der Waals surface area contributed by atoms with Crippen LogP contribution >= 0.6 is 23.2 Å². The molecule has 4 nitrogen and oxygen atoms in total. The van der Waals surface area contributed by atoms with E-state index in [0.717, 1.165) is 0 Å². The van der Waals surface area contributed by atoms with Gasteiger partial charge in [0.15, 0.2) is 0 Å². The van der Waals surface area contributed by atoms with Crippen LogP contribution in [0, 0.1) is 0 Å². The topological polar surface area (TPSA) is 52.6 Å². The molecule has 0 amide bonds. The number of hydrogen-bond acceptors (Lipinski definition) is 4. The zero-order valence-corrected chi connectivity index (χ0v) is 11.0. The van der Waals surface area contributed by atoms with Crippen molar-refractivity contribution in [3.63, 3.8) is 0 Å². The van der Waals surface area contributed by atoms with E-state index in [-0.39, 0.29) is 25.4 Å². The van der Waals surface area contributed by atoms with E-state index in [2.05, 4.69) is 6.58 Å². The Morgan fingerprint density at radius 3 is 2.29 bits per heavy atom. The minimum atomic E-state index is -0.720. The molecule has 0 aliphatic carbocycles.